The van der Waals surface area contributed by atoms with E-state index in [2.05, 4.69) is 15.4 Å². The van der Waals surface area contributed by atoms with E-state index in [-0.39, 0.29) is 34.2 Å². The van der Waals surface area contributed by atoms with Gasteiger partial charge in [-0.1, -0.05) is 6.07 Å². The number of carbonyl (C=O) groups excluding carboxylic acids is 1. The minimum absolute atomic E-state index is 0.0152. The van der Waals surface area contributed by atoms with E-state index in [1.807, 2.05) is 0 Å². The third kappa shape index (κ3) is 4.09. The van der Waals surface area contributed by atoms with Gasteiger partial charge < -0.3 is 10.1 Å². The first-order chi connectivity index (χ1) is 15.2. The highest BCUT2D eigenvalue weighted by molar-refractivity contribution is 7.13. The maximum Gasteiger partial charge on any atom is 0.433 e. The van der Waals surface area contributed by atoms with E-state index >= 15 is 0 Å². The number of halogens is 3. The van der Waals surface area contributed by atoms with Crippen molar-refractivity contribution in [1.82, 2.24) is 14.6 Å². The molecular weight excluding hydrogens is 451 g/mol. The Morgan fingerprint density at radius 2 is 2.03 bits per heavy atom. The first-order valence-corrected chi connectivity index (χ1v) is 9.70. The van der Waals surface area contributed by atoms with Crippen molar-refractivity contribution in [2.75, 3.05) is 12.4 Å². The van der Waals surface area contributed by atoms with E-state index < -0.39 is 22.7 Å². The first kappa shape index (κ1) is 21.2. The highest BCUT2D eigenvalue weighted by Crippen LogP contribution is 2.33. The molecule has 0 saturated heterocycles. The molecule has 1 N–H and O–H groups in total. The van der Waals surface area contributed by atoms with Crippen LogP contribution in [0.3, 0.4) is 0 Å². The molecule has 9 nitrogen and oxygen atoms in total. The maximum atomic E-state index is 13.6. The fourth-order valence-corrected chi connectivity index (χ4v) is 3.60. The summed E-state index contributed by atoms with van der Waals surface area (Å²) >= 11 is 1.22. The van der Waals surface area contributed by atoms with Crippen LogP contribution >= 0.6 is 11.3 Å². The number of hydrogen-bond acceptors (Lipinski definition) is 7. The number of ether oxygens (including phenoxy) is 1. The summed E-state index contributed by atoms with van der Waals surface area (Å²) in [6.07, 6.45) is -4.75. The van der Waals surface area contributed by atoms with Crippen molar-refractivity contribution in [2.24, 2.45) is 0 Å². The van der Waals surface area contributed by atoms with Gasteiger partial charge in [0.25, 0.3) is 11.6 Å². The second kappa shape index (κ2) is 7.92. The molecule has 0 aliphatic heterocycles. The number of nitro groups is 1. The molecular formula is C19H12F3N5O4S. The molecule has 0 bridgehead atoms. The molecule has 164 valence electrons. The molecule has 0 fully saturated rings. The molecule has 0 aliphatic rings. The highest BCUT2D eigenvalue weighted by Gasteiger charge is 2.35. The zero-order valence-electron chi connectivity index (χ0n) is 16.1. The molecule has 3 heterocycles. The molecule has 0 saturated carbocycles. The summed E-state index contributed by atoms with van der Waals surface area (Å²) in [5.74, 6) is -0.755. The number of nitrogens with zero attached hydrogens (tertiary/aromatic N) is 4. The molecule has 0 unspecified atom stereocenters. The lowest BCUT2D eigenvalue weighted by atomic mass is 10.2. The predicted octanol–water partition coefficient (Wildman–Crippen LogP) is 4.65. The summed E-state index contributed by atoms with van der Waals surface area (Å²) in [5, 5.41) is 18.9. The fraction of sp³-hybridized carbons (Fsp3) is 0.105. The van der Waals surface area contributed by atoms with Crippen molar-refractivity contribution in [1.29, 1.82) is 0 Å². The Morgan fingerprint density at radius 1 is 1.25 bits per heavy atom. The topological polar surface area (TPSA) is 112 Å². The number of anilines is 1. The van der Waals surface area contributed by atoms with Crippen LogP contribution in [-0.2, 0) is 6.18 Å². The number of carbonyl (C=O) groups is 1. The zero-order chi connectivity index (χ0) is 23.0. The normalized spacial score (nSPS) is 11.5. The number of hydrogen-bond donors (Lipinski definition) is 1. The second-order valence-electron chi connectivity index (χ2n) is 6.43. The van der Waals surface area contributed by atoms with Crippen LogP contribution < -0.4 is 10.1 Å². The van der Waals surface area contributed by atoms with Crippen molar-refractivity contribution in [3.63, 3.8) is 0 Å². The Hall–Kier alpha value is -4.00. The third-order valence-corrected chi connectivity index (χ3v) is 5.21. The van der Waals surface area contributed by atoms with Gasteiger partial charge in [-0.2, -0.15) is 18.3 Å². The summed E-state index contributed by atoms with van der Waals surface area (Å²) in [6.45, 7) is 0. The number of benzene rings is 1. The van der Waals surface area contributed by atoms with Gasteiger partial charge in [0, 0.05) is 18.2 Å². The summed E-state index contributed by atoms with van der Waals surface area (Å²) in [7, 11) is 1.29. The molecule has 4 aromatic rings. The average Bonchev–Trinajstić information content (AvgIpc) is 3.41. The van der Waals surface area contributed by atoms with Crippen LogP contribution in [0.5, 0.6) is 5.75 Å². The smallest absolute Gasteiger partial charge is 0.433 e. The van der Waals surface area contributed by atoms with Gasteiger partial charge in [0.2, 0.25) is 0 Å². The van der Waals surface area contributed by atoms with Gasteiger partial charge in [0.05, 0.1) is 34.4 Å². The molecule has 32 heavy (non-hydrogen) atoms. The lowest BCUT2D eigenvalue weighted by Crippen LogP contribution is -2.15. The number of aromatic nitrogens is 3. The van der Waals surface area contributed by atoms with Gasteiger partial charge in [0.1, 0.15) is 5.75 Å². The van der Waals surface area contributed by atoms with Crippen LogP contribution in [0, 0.1) is 10.1 Å². The molecule has 1 amide bonds. The zero-order valence-corrected chi connectivity index (χ0v) is 16.9. The number of fused-ring (bicyclic) bond motifs is 1. The van der Waals surface area contributed by atoms with Crippen molar-refractivity contribution >= 4 is 34.3 Å². The SMILES string of the molecule is COc1cc(NC(=O)c2cc3nc(-c4cccs4)cc(C(F)(F)F)n3n2)cc([N+](=O)[O-])c1. The highest BCUT2D eigenvalue weighted by atomic mass is 32.1. The second-order valence-corrected chi connectivity index (χ2v) is 7.38. The Kier molecular flexibility index (Phi) is 5.26. The lowest BCUT2D eigenvalue weighted by Gasteiger charge is -2.10. The van der Waals surface area contributed by atoms with E-state index in [0.29, 0.717) is 9.39 Å². The summed E-state index contributed by atoms with van der Waals surface area (Å²) < 4.78 is 46.4. The van der Waals surface area contributed by atoms with Crippen LogP contribution in [0.25, 0.3) is 16.2 Å². The van der Waals surface area contributed by atoms with E-state index in [0.717, 1.165) is 24.3 Å². The molecule has 0 atom stereocenters. The summed E-state index contributed by atoms with van der Waals surface area (Å²) in [6, 6.07) is 8.85. The van der Waals surface area contributed by atoms with Gasteiger partial charge in [-0.15, -0.1) is 11.3 Å². The van der Waals surface area contributed by atoms with Crippen LogP contribution in [0.1, 0.15) is 16.2 Å². The van der Waals surface area contributed by atoms with Gasteiger partial charge in [-0.05, 0) is 17.5 Å². The van der Waals surface area contributed by atoms with Crippen LogP contribution in [0.4, 0.5) is 24.5 Å². The maximum absolute atomic E-state index is 13.6. The number of thiophene rings is 1. The Balaban J connectivity index is 1.75. The number of non-ortho nitro benzene ring substituents is 1. The standard InChI is InChI=1S/C19H12F3N5O4S/c1-31-12-6-10(5-11(7-12)27(29)30)23-18(28)14-9-17-24-13(15-3-2-4-32-15)8-16(19(20,21)22)26(17)25-14/h2-9H,1H3,(H,23,28). The van der Waals surface area contributed by atoms with Crippen LogP contribution in [0.2, 0.25) is 0 Å². The third-order valence-electron chi connectivity index (χ3n) is 4.32. The van der Waals surface area contributed by atoms with Gasteiger partial charge in [-0.3, -0.25) is 14.9 Å². The predicted molar refractivity (Wildman–Crippen MR) is 109 cm³/mol. The number of rotatable bonds is 5. The fourth-order valence-electron chi connectivity index (χ4n) is 2.91. The van der Waals surface area contributed by atoms with E-state index in [1.54, 1.807) is 17.5 Å². The van der Waals surface area contributed by atoms with Gasteiger partial charge >= 0.3 is 6.18 Å². The number of nitrogens with one attached hydrogen (secondary N) is 1. The quantitative estimate of drug-likeness (QED) is 0.341. The van der Waals surface area contributed by atoms with E-state index in [1.165, 1.54) is 24.5 Å². The minimum Gasteiger partial charge on any atom is -0.496 e. The molecule has 13 heteroatoms. The lowest BCUT2D eigenvalue weighted by molar-refractivity contribution is -0.384. The molecule has 0 spiro atoms. The Labute approximate surface area is 181 Å². The Bertz CT molecular complexity index is 1330. The van der Waals surface area contributed by atoms with Gasteiger partial charge in [0.15, 0.2) is 17.0 Å². The molecule has 0 radical (unpaired) electrons. The Morgan fingerprint density at radius 3 is 2.66 bits per heavy atom. The van der Waals surface area contributed by atoms with Crippen LogP contribution in [0.15, 0.2) is 47.8 Å². The van der Waals surface area contributed by atoms with Crippen molar-refractivity contribution in [2.45, 2.75) is 6.18 Å². The molecule has 3 aromatic heterocycles. The largest absolute Gasteiger partial charge is 0.496 e. The molecule has 0 aliphatic carbocycles. The molecule has 1 aromatic carbocycles. The van der Waals surface area contributed by atoms with Crippen molar-refractivity contribution < 1.29 is 27.6 Å². The first-order valence-electron chi connectivity index (χ1n) is 8.82. The van der Waals surface area contributed by atoms with E-state index in [4.69, 9.17) is 4.74 Å². The van der Waals surface area contributed by atoms with Gasteiger partial charge in [-0.25, -0.2) is 9.50 Å². The average molecular weight is 463 g/mol. The number of alkyl halides is 3. The number of methoxy groups -OCH3 is 1. The van der Waals surface area contributed by atoms with Crippen molar-refractivity contribution in [3.8, 4) is 16.3 Å². The number of amides is 1. The van der Waals surface area contributed by atoms with Crippen LogP contribution in [-0.4, -0.2) is 32.5 Å². The summed E-state index contributed by atoms with van der Waals surface area (Å²) in [5.41, 5.74) is -1.85. The monoisotopic (exact) mass is 463 g/mol. The summed E-state index contributed by atoms with van der Waals surface area (Å²) in [4.78, 5) is 27.7. The van der Waals surface area contributed by atoms with E-state index in [9.17, 15) is 28.1 Å². The number of nitro benzene ring substituents is 1. The molecule has 4 rings (SSSR count). The minimum atomic E-state index is -4.75. The van der Waals surface area contributed by atoms with Crippen molar-refractivity contribution in [3.05, 3.63) is 69.3 Å².